The van der Waals surface area contributed by atoms with Crippen molar-refractivity contribution in [2.45, 2.75) is 56.9 Å². The summed E-state index contributed by atoms with van der Waals surface area (Å²) in [6.45, 7) is 3.41. The first-order chi connectivity index (χ1) is 13.5. The summed E-state index contributed by atoms with van der Waals surface area (Å²) in [5.74, 6) is 0.688. The van der Waals surface area contributed by atoms with Gasteiger partial charge in [0, 0.05) is 29.6 Å². The SMILES string of the molecule is CCC[C@H](N)C(=O)N1CCC2(CCc3c2nc(-c2ccccc2)[nH]c3=O)CC1.Cl. The zero-order chi connectivity index (χ0) is 19.7. The van der Waals surface area contributed by atoms with Crippen molar-refractivity contribution in [3.8, 4) is 11.4 Å². The van der Waals surface area contributed by atoms with Crippen LogP contribution in [0.4, 0.5) is 0 Å². The molecule has 0 bridgehead atoms. The molecule has 1 aromatic heterocycles. The first kappa shape index (κ1) is 21.5. The molecule has 1 atom stereocenters. The van der Waals surface area contributed by atoms with Gasteiger partial charge in [-0.2, -0.15) is 0 Å². The lowest BCUT2D eigenvalue weighted by Crippen LogP contribution is -2.50. The van der Waals surface area contributed by atoms with E-state index in [0.717, 1.165) is 55.3 Å². The number of hydrogen-bond acceptors (Lipinski definition) is 4. The number of likely N-dealkylation sites (tertiary alicyclic amines) is 1. The molecule has 2 aromatic rings. The summed E-state index contributed by atoms with van der Waals surface area (Å²) >= 11 is 0. The number of benzene rings is 1. The average molecular weight is 417 g/mol. The van der Waals surface area contributed by atoms with E-state index in [2.05, 4.69) is 4.98 Å². The van der Waals surface area contributed by atoms with Gasteiger partial charge in [0.15, 0.2) is 0 Å². The fraction of sp³-hybridized carbons (Fsp3) is 0.500. The minimum Gasteiger partial charge on any atom is -0.341 e. The smallest absolute Gasteiger partial charge is 0.254 e. The Bertz CT molecular complexity index is 920. The first-order valence-electron chi connectivity index (χ1n) is 10.3. The van der Waals surface area contributed by atoms with Gasteiger partial charge in [-0.3, -0.25) is 9.59 Å². The van der Waals surface area contributed by atoms with Gasteiger partial charge in [0.1, 0.15) is 5.82 Å². The molecule has 4 rings (SSSR count). The number of aromatic nitrogens is 2. The van der Waals surface area contributed by atoms with Crippen LogP contribution >= 0.6 is 12.4 Å². The third-order valence-electron chi connectivity index (χ3n) is 6.37. The minimum absolute atomic E-state index is 0. The summed E-state index contributed by atoms with van der Waals surface area (Å²) in [6, 6.07) is 9.36. The number of nitrogens with two attached hydrogens (primary N) is 1. The van der Waals surface area contributed by atoms with Crippen LogP contribution in [0.2, 0.25) is 0 Å². The molecule has 1 fully saturated rings. The Balaban J connectivity index is 0.00000240. The number of fused-ring (bicyclic) bond motifs is 2. The van der Waals surface area contributed by atoms with Crippen LogP contribution in [0.5, 0.6) is 0 Å². The highest BCUT2D eigenvalue weighted by Crippen LogP contribution is 2.44. The van der Waals surface area contributed by atoms with Gasteiger partial charge in [0.2, 0.25) is 5.91 Å². The maximum Gasteiger partial charge on any atom is 0.254 e. The van der Waals surface area contributed by atoms with Crippen LogP contribution in [0, 0.1) is 0 Å². The molecule has 2 aliphatic rings. The van der Waals surface area contributed by atoms with E-state index in [1.165, 1.54) is 0 Å². The molecule has 7 heteroatoms. The molecule has 1 spiro atoms. The number of nitrogens with zero attached hydrogens (tertiary/aromatic N) is 2. The lowest BCUT2D eigenvalue weighted by Gasteiger charge is -2.40. The Kier molecular flexibility index (Phi) is 6.44. The Labute approximate surface area is 177 Å². The van der Waals surface area contributed by atoms with Gasteiger partial charge >= 0.3 is 0 Å². The van der Waals surface area contributed by atoms with Crippen molar-refractivity contribution in [2.75, 3.05) is 13.1 Å². The summed E-state index contributed by atoms with van der Waals surface area (Å²) in [6.07, 6.45) is 5.01. The third kappa shape index (κ3) is 3.96. The monoisotopic (exact) mass is 416 g/mol. The molecule has 6 nitrogen and oxygen atoms in total. The van der Waals surface area contributed by atoms with E-state index in [4.69, 9.17) is 10.7 Å². The number of carbonyl (C=O) groups is 1. The molecule has 1 aromatic carbocycles. The Morgan fingerprint density at radius 2 is 1.93 bits per heavy atom. The number of piperidine rings is 1. The van der Waals surface area contributed by atoms with Crippen LogP contribution in [0.15, 0.2) is 35.1 Å². The fourth-order valence-corrected chi connectivity index (χ4v) is 4.69. The molecule has 1 amide bonds. The van der Waals surface area contributed by atoms with Gasteiger partial charge in [-0.25, -0.2) is 4.98 Å². The number of aromatic amines is 1. The summed E-state index contributed by atoms with van der Waals surface area (Å²) in [5, 5.41) is 0. The molecule has 0 radical (unpaired) electrons. The van der Waals surface area contributed by atoms with E-state index < -0.39 is 6.04 Å². The van der Waals surface area contributed by atoms with Crippen LogP contribution < -0.4 is 11.3 Å². The molecule has 29 heavy (non-hydrogen) atoms. The standard InChI is InChI=1S/C22H28N4O2.ClH/c1-2-6-17(23)21(28)26-13-11-22(12-14-26)10-9-16-18(22)24-19(25-20(16)27)15-7-4-3-5-8-15;/h3-5,7-8,17H,2,6,9-14,23H2,1H3,(H,24,25,27);1H/t17-;/m0./s1. The second kappa shape index (κ2) is 8.67. The maximum absolute atomic E-state index is 12.7. The largest absolute Gasteiger partial charge is 0.341 e. The molecule has 156 valence electrons. The van der Waals surface area contributed by atoms with Crippen LogP contribution in [0.3, 0.4) is 0 Å². The summed E-state index contributed by atoms with van der Waals surface area (Å²) in [5.41, 5.74) is 8.60. The summed E-state index contributed by atoms with van der Waals surface area (Å²) < 4.78 is 0. The quantitative estimate of drug-likeness (QED) is 0.801. The maximum atomic E-state index is 12.7. The van der Waals surface area contributed by atoms with E-state index >= 15 is 0 Å². The molecular formula is C22H29ClN4O2. The zero-order valence-electron chi connectivity index (χ0n) is 16.8. The number of amides is 1. The van der Waals surface area contributed by atoms with Gasteiger partial charge in [0.05, 0.1) is 11.7 Å². The Hall–Kier alpha value is -2.18. The highest BCUT2D eigenvalue weighted by Gasteiger charge is 2.44. The predicted molar refractivity (Wildman–Crippen MR) is 116 cm³/mol. The van der Waals surface area contributed by atoms with Crippen molar-refractivity contribution in [1.82, 2.24) is 14.9 Å². The zero-order valence-corrected chi connectivity index (χ0v) is 17.6. The number of halogens is 1. The Morgan fingerprint density at radius 1 is 1.24 bits per heavy atom. The Morgan fingerprint density at radius 3 is 2.59 bits per heavy atom. The molecule has 3 N–H and O–H groups in total. The predicted octanol–water partition coefficient (Wildman–Crippen LogP) is 2.79. The summed E-state index contributed by atoms with van der Waals surface area (Å²) in [4.78, 5) is 35.0. The van der Waals surface area contributed by atoms with E-state index in [-0.39, 0.29) is 29.3 Å². The van der Waals surface area contributed by atoms with Gasteiger partial charge in [-0.15, -0.1) is 12.4 Å². The molecule has 1 aliphatic carbocycles. The minimum atomic E-state index is -0.402. The van der Waals surface area contributed by atoms with Crippen molar-refractivity contribution in [1.29, 1.82) is 0 Å². The second-order valence-corrected chi connectivity index (χ2v) is 8.11. The topological polar surface area (TPSA) is 92.1 Å². The van der Waals surface area contributed by atoms with Crippen LogP contribution in [0.25, 0.3) is 11.4 Å². The van der Waals surface area contributed by atoms with E-state index in [0.29, 0.717) is 18.9 Å². The first-order valence-corrected chi connectivity index (χ1v) is 10.3. The molecule has 1 saturated heterocycles. The van der Waals surface area contributed by atoms with Crippen molar-refractivity contribution >= 4 is 18.3 Å². The normalized spacial score (nSPS) is 18.2. The van der Waals surface area contributed by atoms with Crippen LogP contribution in [0.1, 0.15) is 50.3 Å². The molecule has 2 heterocycles. The molecule has 0 unspecified atom stereocenters. The van der Waals surface area contributed by atoms with E-state index in [1.54, 1.807) is 0 Å². The molecule has 1 aliphatic heterocycles. The van der Waals surface area contributed by atoms with Gasteiger partial charge in [-0.1, -0.05) is 43.7 Å². The molecule has 0 saturated carbocycles. The summed E-state index contributed by atoms with van der Waals surface area (Å²) in [7, 11) is 0. The van der Waals surface area contributed by atoms with Crippen LogP contribution in [-0.4, -0.2) is 39.9 Å². The molecular weight excluding hydrogens is 388 g/mol. The van der Waals surface area contributed by atoms with Gasteiger partial charge < -0.3 is 15.6 Å². The number of rotatable bonds is 4. The number of hydrogen-bond donors (Lipinski definition) is 2. The fourth-order valence-electron chi connectivity index (χ4n) is 4.69. The number of nitrogens with one attached hydrogen (secondary N) is 1. The number of carbonyl (C=O) groups excluding carboxylic acids is 1. The van der Waals surface area contributed by atoms with Crippen molar-refractivity contribution < 1.29 is 4.79 Å². The highest BCUT2D eigenvalue weighted by atomic mass is 35.5. The van der Waals surface area contributed by atoms with Gasteiger partial charge in [-0.05, 0) is 32.1 Å². The lowest BCUT2D eigenvalue weighted by atomic mass is 9.76. The second-order valence-electron chi connectivity index (χ2n) is 8.11. The van der Waals surface area contributed by atoms with Crippen molar-refractivity contribution in [2.24, 2.45) is 5.73 Å². The highest BCUT2D eigenvalue weighted by molar-refractivity contribution is 5.85. The van der Waals surface area contributed by atoms with Crippen LogP contribution in [-0.2, 0) is 16.6 Å². The average Bonchev–Trinajstić information content (AvgIpc) is 3.07. The van der Waals surface area contributed by atoms with E-state index in [1.807, 2.05) is 42.2 Å². The third-order valence-corrected chi connectivity index (χ3v) is 6.37. The van der Waals surface area contributed by atoms with Crippen molar-refractivity contribution in [3.05, 3.63) is 51.9 Å². The van der Waals surface area contributed by atoms with Crippen molar-refractivity contribution in [3.63, 3.8) is 0 Å². The lowest BCUT2D eigenvalue weighted by molar-refractivity contribution is -0.134. The van der Waals surface area contributed by atoms with E-state index in [9.17, 15) is 9.59 Å². The van der Waals surface area contributed by atoms with Gasteiger partial charge in [0.25, 0.3) is 5.56 Å². The number of H-pyrrole nitrogens is 1.